The first kappa shape index (κ1) is 18.5. The number of likely N-dealkylation sites (tertiary alicyclic amines) is 1. The lowest BCUT2D eigenvalue weighted by molar-refractivity contribution is 0.0701. The maximum atomic E-state index is 13.8. The van der Waals surface area contributed by atoms with Crippen LogP contribution in [0.1, 0.15) is 22.2 Å². The molecule has 9 nitrogen and oxygen atoms in total. The molecule has 3 aromatic rings. The van der Waals surface area contributed by atoms with Gasteiger partial charge in [-0.25, -0.2) is 4.39 Å². The molecule has 3 atom stereocenters. The van der Waals surface area contributed by atoms with Crippen LogP contribution in [0.4, 0.5) is 4.39 Å². The van der Waals surface area contributed by atoms with Crippen molar-refractivity contribution in [3.63, 3.8) is 0 Å². The summed E-state index contributed by atoms with van der Waals surface area (Å²) in [5, 5.41) is 17.6. The number of benzene rings is 1. The molecule has 4 heterocycles. The molecule has 2 aromatic heterocycles. The summed E-state index contributed by atoms with van der Waals surface area (Å²) in [7, 11) is 0. The number of carbonyl (C=O) groups excluding carboxylic acids is 1. The Kier molecular flexibility index (Phi) is 4.82. The molecule has 1 aromatic carbocycles. The highest BCUT2D eigenvalue weighted by Gasteiger charge is 2.47. The van der Waals surface area contributed by atoms with Gasteiger partial charge in [-0.05, 0) is 23.6 Å². The van der Waals surface area contributed by atoms with E-state index in [0.29, 0.717) is 18.4 Å². The quantitative estimate of drug-likeness (QED) is 0.674. The standard InChI is InChI=1S/C17H17FN8O.ClH/c18-12-3-1-2-10(4-12)14-13-6-19-5-11(13)7-26(14)16(27)15-22-17(24-23-15)25-8-20-21-9-25;/h1-4,8-9,11,13-14,19H,5-7H2,(H,22,23,24);1H/t11-,13-,14-;/m0./s1. The Morgan fingerprint density at radius 1 is 1.21 bits per heavy atom. The third kappa shape index (κ3) is 3.04. The van der Waals surface area contributed by atoms with E-state index in [1.165, 1.54) is 29.4 Å². The summed E-state index contributed by atoms with van der Waals surface area (Å²) in [6.45, 7) is 2.25. The third-order valence-electron chi connectivity index (χ3n) is 5.34. The van der Waals surface area contributed by atoms with Crippen molar-refractivity contribution in [1.82, 2.24) is 40.2 Å². The Morgan fingerprint density at radius 3 is 2.82 bits per heavy atom. The van der Waals surface area contributed by atoms with Gasteiger partial charge < -0.3 is 10.2 Å². The molecule has 2 N–H and O–H groups in total. The molecular weight excluding hydrogens is 387 g/mol. The molecule has 0 spiro atoms. The molecule has 0 unspecified atom stereocenters. The van der Waals surface area contributed by atoms with Crippen LogP contribution in [-0.4, -0.2) is 60.4 Å². The molecule has 0 radical (unpaired) electrons. The van der Waals surface area contributed by atoms with Crippen molar-refractivity contribution < 1.29 is 9.18 Å². The van der Waals surface area contributed by atoms with Crippen molar-refractivity contribution in [2.24, 2.45) is 11.8 Å². The number of H-pyrrole nitrogens is 1. The summed E-state index contributed by atoms with van der Waals surface area (Å²) in [6, 6.07) is 6.28. The highest BCUT2D eigenvalue weighted by atomic mass is 35.5. The first-order valence-corrected chi connectivity index (χ1v) is 8.75. The molecule has 2 aliphatic rings. The molecule has 2 saturated heterocycles. The van der Waals surface area contributed by atoms with Crippen molar-refractivity contribution in [1.29, 1.82) is 0 Å². The highest BCUT2D eigenvalue weighted by molar-refractivity contribution is 5.91. The van der Waals surface area contributed by atoms with Crippen LogP contribution in [0.2, 0.25) is 0 Å². The van der Waals surface area contributed by atoms with Crippen LogP contribution in [0, 0.1) is 17.7 Å². The lowest BCUT2D eigenvalue weighted by Gasteiger charge is -2.27. The number of amides is 1. The third-order valence-corrected chi connectivity index (χ3v) is 5.34. The molecule has 0 bridgehead atoms. The van der Waals surface area contributed by atoms with Gasteiger partial charge in [0, 0.05) is 25.6 Å². The van der Waals surface area contributed by atoms with Gasteiger partial charge in [-0.1, -0.05) is 12.1 Å². The molecule has 11 heteroatoms. The van der Waals surface area contributed by atoms with E-state index >= 15 is 0 Å². The largest absolute Gasteiger partial charge is 0.328 e. The van der Waals surface area contributed by atoms with Gasteiger partial charge in [0.25, 0.3) is 11.9 Å². The lowest BCUT2D eigenvalue weighted by atomic mass is 9.89. The fraction of sp³-hybridized carbons (Fsp3) is 0.353. The maximum absolute atomic E-state index is 13.8. The summed E-state index contributed by atoms with van der Waals surface area (Å²) in [4.78, 5) is 19.2. The predicted octanol–water partition coefficient (Wildman–Crippen LogP) is 0.979. The van der Waals surface area contributed by atoms with Gasteiger partial charge in [-0.3, -0.25) is 14.5 Å². The second kappa shape index (κ2) is 7.28. The van der Waals surface area contributed by atoms with Crippen LogP contribution >= 0.6 is 12.4 Å². The van der Waals surface area contributed by atoms with E-state index in [0.717, 1.165) is 18.7 Å². The second-order valence-corrected chi connectivity index (χ2v) is 6.89. The van der Waals surface area contributed by atoms with E-state index in [1.54, 1.807) is 11.0 Å². The van der Waals surface area contributed by atoms with Gasteiger partial charge in [0.15, 0.2) is 0 Å². The van der Waals surface area contributed by atoms with E-state index in [-0.39, 0.29) is 41.9 Å². The number of nitrogens with one attached hydrogen (secondary N) is 2. The number of carbonyl (C=O) groups is 1. The molecule has 2 fully saturated rings. The normalized spacial score (nSPS) is 23.5. The Labute approximate surface area is 165 Å². The smallest absolute Gasteiger partial charge is 0.291 e. The van der Waals surface area contributed by atoms with Gasteiger partial charge in [-0.15, -0.1) is 27.7 Å². The van der Waals surface area contributed by atoms with Gasteiger partial charge in [-0.2, -0.15) is 4.98 Å². The van der Waals surface area contributed by atoms with Crippen LogP contribution in [0.3, 0.4) is 0 Å². The van der Waals surface area contributed by atoms with Gasteiger partial charge >= 0.3 is 0 Å². The van der Waals surface area contributed by atoms with Crippen LogP contribution in [0.5, 0.6) is 0 Å². The number of aromatic nitrogens is 6. The fourth-order valence-electron chi connectivity index (χ4n) is 4.15. The summed E-state index contributed by atoms with van der Waals surface area (Å²) < 4.78 is 15.3. The second-order valence-electron chi connectivity index (χ2n) is 6.89. The first-order chi connectivity index (χ1) is 13.2. The van der Waals surface area contributed by atoms with E-state index in [9.17, 15) is 9.18 Å². The van der Waals surface area contributed by atoms with E-state index < -0.39 is 0 Å². The molecule has 5 rings (SSSR count). The van der Waals surface area contributed by atoms with Crippen molar-refractivity contribution in [3.05, 3.63) is 54.1 Å². The monoisotopic (exact) mass is 404 g/mol. The van der Waals surface area contributed by atoms with E-state index in [2.05, 4.69) is 30.7 Å². The fourth-order valence-corrected chi connectivity index (χ4v) is 4.15. The summed E-state index contributed by atoms with van der Waals surface area (Å²) in [5.74, 6) is 0.479. The number of rotatable bonds is 3. The first-order valence-electron chi connectivity index (χ1n) is 8.75. The molecular formula is C17H18ClFN8O. The number of nitrogens with zero attached hydrogens (tertiary/aromatic N) is 6. The van der Waals surface area contributed by atoms with Gasteiger partial charge in [0.2, 0.25) is 5.82 Å². The van der Waals surface area contributed by atoms with Crippen LogP contribution in [-0.2, 0) is 0 Å². The zero-order valence-corrected chi connectivity index (χ0v) is 15.5. The summed E-state index contributed by atoms with van der Waals surface area (Å²) in [5.41, 5.74) is 0.804. The van der Waals surface area contributed by atoms with Crippen molar-refractivity contribution in [3.8, 4) is 5.95 Å². The molecule has 2 aliphatic heterocycles. The minimum atomic E-state index is -0.302. The summed E-state index contributed by atoms with van der Waals surface area (Å²) in [6.07, 6.45) is 2.91. The van der Waals surface area contributed by atoms with E-state index in [1.807, 2.05) is 6.07 Å². The molecule has 0 aliphatic carbocycles. The highest BCUT2D eigenvalue weighted by Crippen LogP contribution is 2.43. The zero-order chi connectivity index (χ0) is 18.4. The maximum Gasteiger partial charge on any atom is 0.291 e. The number of hydrogen-bond donors (Lipinski definition) is 2. The average Bonchev–Trinajstić information content (AvgIpc) is 3.44. The number of halogens is 2. The van der Waals surface area contributed by atoms with Crippen LogP contribution < -0.4 is 5.32 Å². The van der Waals surface area contributed by atoms with Gasteiger partial charge in [0.05, 0.1) is 6.04 Å². The van der Waals surface area contributed by atoms with Crippen LogP contribution in [0.15, 0.2) is 36.9 Å². The SMILES string of the molecule is Cl.O=C(c1nc(-n2cnnc2)n[nH]1)N1C[C@@H]2CNC[C@@H]2[C@@H]1c1cccc(F)c1. The summed E-state index contributed by atoms with van der Waals surface area (Å²) >= 11 is 0. The molecule has 28 heavy (non-hydrogen) atoms. The minimum Gasteiger partial charge on any atom is -0.328 e. The predicted molar refractivity (Wildman–Crippen MR) is 98.6 cm³/mol. The minimum absolute atomic E-state index is 0. The number of aromatic amines is 1. The molecule has 146 valence electrons. The number of hydrogen-bond acceptors (Lipinski definition) is 6. The lowest BCUT2D eigenvalue weighted by Crippen LogP contribution is -2.35. The Hall–Kier alpha value is -2.85. The molecule has 1 amide bonds. The van der Waals surface area contributed by atoms with Crippen molar-refractivity contribution in [2.45, 2.75) is 6.04 Å². The van der Waals surface area contributed by atoms with Crippen molar-refractivity contribution in [2.75, 3.05) is 19.6 Å². The topological polar surface area (TPSA) is 105 Å². The number of fused-ring (bicyclic) bond motifs is 1. The average molecular weight is 405 g/mol. The zero-order valence-electron chi connectivity index (χ0n) is 14.7. The Balaban J connectivity index is 0.00000192. The Bertz CT molecular complexity index is 977. The van der Waals surface area contributed by atoms with E-state index in [4.69, 9.17) is 0 Å². The van der Waals surface area contributed by atoms with Crippen molar-refractivity contribution >= 4 is 18.3 Å². The van der Waals surface area contributed by atoms with Crippen LogP contribution in [0.25, 0.3) is 5.95 Å². The Morgan fingerprint density at radius 2 is 2.04 bits per heavy atom. The molecule has 0 saturated carbocycles. The van der Waals surface area contributed by atoms with Gasteiger partial charge in [0.1, 0.15) is 18.5 Å².